The number of aromatic amines is 1. The van der Waals surface area contributed by atoms with Crippen LogP contribution in [0.4, 0.5) is 0 Å². The van der Waals surface area contributed by atoms with Gasteiger partial charge in [-0.1, -0.05) is 40.9 Å². The maximum atomic E-state index is 6.18. The summed E-state index contributed by atoms with van der Waals surface area (Å²) in [5, 5.41) is 11.4. The molecule has 1 atom stereocenters. The smallest absolute Gasteiger partial charge is 0.0781 e. The molecule has 0 aliphatic heterocycles. The van der Waals surface area contributed by atoms with Crippen molar-refractivity contribution in [2.45, 2.75) is 19.5 Å². The van der Waals surface area contributed by atoms with Crippen LogP contribution < -0.4 is 5.32 Å². The van der Waals surface area contributed by atoms with Crippen LogP contribution >= 0.6 is 34.8 Å². The molecule has 0 saturated carbocycles. The summed E-state index contributed by atoms with van der Waals surface area (Å²) in [6.45, 7) is 2.72. The van der Waals surface area contributed by atoms with Gasteiger partial charge < -0.3 is 5.32 Å². The van der Waals surface area contributed by atoms with Crippen LogP contribution in [0.1, 0.15) is 24.1 Å². The van der Waals surface area contributed by atoms with Crippen molar-refractivity contribution in [1.29, 1.82) is 0 Å². The molecular weight excluding hydrogens is 293 g/mol. The Kier molecular flexibility index (Phi) is 4.51. The average Bonchev–Trinajstić information content (AvgIpc) is 2.86. The Morgan fingerprint density at radius 1 is 1.28 bits per heavy atom. The summed E-state index contributed by atoms with van der Waals surface area (Å²) in [7, 11) is 0. The van der Waals surface area contributed by atoms with Crippen molar-refractivity contribution in [3.63, 3.8) is 0 Å². The second-order valence-corrected chi connectivity index (χ2v) is 5.14. The van der Waals surface area contributed by atoms with E-state index in [1.165, 1.54) is 0 Å². The molecule has 0 aliphatic rings. The van der Waals surface area contributed by atoms with Crippen LogP contribution in [-0.2, 0) is 6.54 Å². The van der Waals surface area contributed by atoms with E-state index in [-0.39, 0.29) is 6.04 Å². The van der Waals surface area contributed by atoms with Crippen molar-refractivity contribution in [1.82, 2.24) is 15.5 Å². The number of H-pyrrole nitrogens is 1. The van der Waals surface area contributed by atoms with E-state index in [1.54, 1.807) is 12.3 Å². The Morgan fingerprint density at radius 2 is 2.06 bits per heavy atom. The van der Waals surface area contributed by atoms with Gasteiger partial charge in [0, 0.05) is 24.3 Å². The molecule has 0 spiro atoms. The Balaban J connectivity index is 2.09. The van der Waals surface area contributed by atoms with Crippen molar-refractivity contribution < 1.29 is 0 Å². The lowest BCUT2D eigenvalue weighted by Crippen LogP contribution is -2.18. The fourth-order valence-corrected chi connectivity index (χ4v) is 2.34. The molecule has 0 bridgehead atoms. The van der Waals surface area contributed by atoms with Gasteiger partial charge in [-0.05, 0) is 18.6 Å². The molecule has 2 aromatic rings. The predicted molar refractivity (Wildman–Crippen MR) is 75.3 cm³/mol. The Labute approximate surface area is 120 Å². The number of hydrogen-bond acceptors (Lipinski definition) is 2. The quantitative estimate of drug-likeness (QED) is 0.830. The van der Waals surface area contributed by atoms with Gasteiger partial charge >= 0.3 is 0 Å². The lowest BCUT2D eigenvalue weighted by Gasteiger charge is -2.16. The van der Waals surface area contributed by atoms with E-state index in [2.05, 4.69) is 15.5 Å². The summed E-state index contributed by atoms with van der Waals surface area (Å²) in [5.74, 6) is 0. The van der Waals surface area contributed by atoms with Crippen molar-refractivity contribution in [3.8, 4) is 0 Å². The summed E-state index contributed by atoms with van der Waals surface area (Å²) in [6, 6.07) is 3.70. The Bertz CT molecular complexity index is 526. The molecule has 6 heteroatoms. The first-order valence-corrected chi connectivity index (χ1v) is 6.57. The highest BCUT2D eigenvalue weighted by Crippen LogP contribution is 2.35. The summed E-state index contributed by atoms with van der Waals surface area (Å²) >= 11 is 18.1. The summed E-state index contributed by atoms with van der Waals surface area (Å²) < 4.78 is 0. The first-order valence-electron chi connectivity index (χ1n) is 5.44. The molecule has 3 nitrogen and oxygen atoms in total. The highest BCUT2D eigenvalue weighted by molar-refractivity contribution is 6.48. The van der Waals surface area contributed by atoms with Crippen LogP contribution in [0.15, 0.2) is 24.5 Å². The maximum absolute atomic E-state index is 6.18. The molecule has 0 aliphatic carbocycles. The van der Waals surface area contributed by atoms with E-state index in [1.807, 2.05) is 19.2 Å². The number of rotatable bonds is 4. The summed E-state index contributed by atoms with van der Waals surface area (Å²) in [5.41, 5.74) is 2.01. The third kappa shape index (κ3) is 2.98. The molecule has 18 heavy (non-hydrogen) atoms. The highest BCUT2D eigenvalue weighted by atomic mass is 35.5. The minimum absolute atomic E-state index is 0.0715. The second-order valence-electron chi connectivity index (χ2n) is 3.97. The second kappa shape index (κ2) is 5.93. The molecular formula is C12H12Cl3N3. The normalized spacial score (nSPS) is 12.7. The minimum atomic E-state index is 0.0715. The molecule has 1 heterocycles. The van der Waals surface area contributed by atoms with E-state index in [9.17, 15) is 0 Å². The van der Waals surface area contributed by atoms with Crippen LogP contribution in [0.3, 0.4) is 0 Å². The van der Waals surface area contributed by atoms with Crippen LogP contribution in [0.25, 0.3) is 0 Å². The molecule has 2 N–H and O–H groups in total. The van der Waals surface area contributed by atoms with Gasteiger partial charge in [0.1, 0.15) is 0 Å². The van der Waals surface area contributed by atoms with Crippen molar-refractivity contribution in [3.05, 3.63) is 50.7 Å². The number of nitrogens with one attached hydrogen (secondary N) is 2. The van der Waals surface area contributed by atoms with Crippen LogP contribution in [0, 0.1) is 0 Å². The van der Waals surface area contributed by atoms with E-state index >= 15 is 0 Å². The lowest BCUT2D eigenvalue weighted by molar-refractivity contribution is 0.575. The number of halogens is 3. The maximum Gasteiger partial charge on any atom is 0.0781 e. The Morgan fingerprint density at radius 3 is 2.72 bits per heavy atom. The standard InChI is InChI=1S/C12H12Cl3N3/c1-7(16-4-8-5-17-18-6-8)9-2-3-10(13)12(15)11(9)14/h2-3,5-7,16H,4H2,1H3,(H,17,18). The number of benzene rings is 1. The first kappa shape index (κ1) is 13.7. The lowest BCUT2D eigenvalue weighted by atomic mass is 10.1. The zero-order valence-electron chi connectivity index (χ0n) is 9.67. The molecule has 2 rings (SSSR count). The molecule has 1 aromatic carbocycles. The molecule has 96 valence electrons. The van der Waals surface area contributed by atoms with Gasteiger partial charge in [0.2, 0.25) is 0 Å². The first-order chi connectivity index (χ1) is 8.59. The van der Waals surface area contributed by atoms with Gasteiger partial charge in [0.05, 0.1) is 21.3 Å². The van der Waals surface area contributed by atoms with E-state index < -0.39 is 0 Å². The fraction of sp³-hybridized carbons (Fsp3) is 0.250. The third-order valence-electron chi connectivity index (χ3n) is 2.70. The van der Waals surface area contributed by atoms with Crippen molar-refractivity contribution >= 4 is 34.8 Å². The van der Waals surface area contributed by atoms with Crippen LogP contribution in [-0.4, -0.2) is 10.2 Å². The minimum Gasteiger partial charge on any atom is -0.306 e. The Hall–Kier alpha value is -0.740. The molecule has 1 aromatic heterocycles. The predicted octanol–water partition coefficient (Wildman–Crippen LogP) is 4.22. The molecule has 0 radical (unpaired) electrons. The van der Waals surface area contributed by atoms with E-state index in [0.29, 0.717) is 21.6 Å². The van der Waals surface area contributed by atoms with Gasteiger partial charge in [-0.3, -0.25) is 5.10 Å². The zero-order chi connectivity index (χ0) is 13.1. The van der Waals surface area contributed by atoms with E-state index in [0.717, 1.165) is 11.1 Å². The fourth-order valence-electron chi connectivity index (χ4n) is 1.63. The SMILES string of the molecule is CC(NCc1cn[nH]c1)c1ccc(Cl)c(Cl)c1Cl. The van der Waals surface area contributed by atoms with Crippen LogP contribution in [0.5, 0.6) is 0 Å². The van der Waals surface area contributed by atoms with Gasteiger partial charge in [-0.25, -0.2) is 0 Å². The van der Waals surface area contributed by atoms with Crippen molar-refractivity contribution in [2.24, 2.45) is 0 Å². The number of hydrogen-bond donors (Lipinski definition) is 2. The molecule has 0 saturated heterocycles. The third-order valence-corrected chi connectivity index (χ3v) is 4.01. The highest BCUT2D eigenvalue weighted by Gasteiger charge is 2.14. The topological polar surface area (TPSA) is 40.7 Å². The summed E-state index contributed by atoms with van der Waals surface area (Å²) in [6.07, 6.45) is 3.62. The number of aromatic nitrogens is 2. The molecule has 1 unspecified atom stereocenters. The average molecular weight is 305 g/mol. The zero-order valence-corrected chi connectivity index (χ0v) is 11.9. The number of nitrogens with zero attached hydrogens (tertiary/aromatic N) is 1. The van der Waals surface area contributed by atoms with Gasteiger partial charge in [0.15, 0.2) is 0 Å². The molecule has 0 amide bonds. The van der Waals surface area contributed by atoms with Gasteiger partial charge in [-0.15, -0.1) is 0 Å². The monoisotopic (exact) mass is 303 g/mol. The van der Waals surface area contributed by atoms with Crippen molar-refractivity contribution in [2.75, 3.05) is 0 Å². The van der Waals surface area contributed by atoms with Crippen LogP contribution in [0.2, 0.25) is 15.1 Å². The summed E-state index contributed by atoms with van der Waals surface area (Å²) in [4.78, 5) is 0. The largest absolute Gasteiger partial charge is 0.306 e. The van der Waals surface area contributed by atoms with Gasteiger partial charge in [0.25, 0.3) is 0 Å². The van der Waals surface area contributed by atoms with Gasteiger partial charge in [-0.2, -0.15) is 5.10 Å². The molecule has 0 fully saturated rings. The van der Waals surface area contributed by atoms with E-state index in [4.69, 9.17) is 34.8 Å².